The molecule has 0 saturated carbocycles. The van der Waals surface area contributed by atoms with E-state index in [2.05, 4.69) is 4.74 Å². The molecule has 6 N–H and O–H groups in total. The Balaban J connectivity index is 2.50. The highest BCUT2D eigenvalue weighted by atomic mass is 16.8. The van der Waals surface area contributed by atoms with Gasteiger partial charge in [-0.05, 0) is 0 Å². The zero-order valence-electron chi connectivity index (χ0n) is 9.82. The molecule has 2 rings (SSSR count). The molecule has 1 saturated heterocycles. The Kier molecular flexibility index (Phi) is 3.10. The Morgan fingerprint density at radius 1 is 1.35 bits per heavy atom. The van der Waals surface area contributed by atoms with Gasteiger partial charge in [0.05, 0.1) is 17.7 Å². The third kappa shape index (κ3) is 1.66. The van der Waals surface area contributed by atoms with Gasteiger partial charge in [-0.1, -0.05) is 0 Å². The molecule has 20 heavy (non-hydrogen) atoms. The van der Waals surface area contributed by atoms with Crippen LogP contribution in [-0.2, 0) is 10.6 Å². The van der Waals surface area contributed by atoms with Crippen LogP contribution in [0.1, 0.15) is 0 Å². The summed E-state index contributed by atoms with van der Waals surface area (Å²) in [7, 11) is 0. The minimum Gasteiger partial charge on any atom is -0.393 e. The van der Waals surface area contributed by atoms with Crippen LogP contribution in [0.3, 0.4) is 0 Å². The number of hydrogen-bond donors (Lipinski definition) is 6. The van der Waals surface area contributed by atoms with E-state index in [1.54, 1.807) is 0 Å². The number of aromatic nitrogens is 1. The van der Waals surface area contributed by atoms with Crippen molar-refractivity contribution in [2.75, 3.05) is 6.61 Å². The summed E-state index contributed by atoms with van der Waals surface area (Å²) in [6.45, 7) is -1.05. The molecule has 0 bridgehead atoms. The average molecular weight is 292 g/mol. The lowest BCUT2D eigenvalue weighted by atomic mass is 10.0. The van der Waals surface area contributed by atoms with Crippen molar-refractivity contribution in [3.63, 3.8) is 0 Å². The lowest BCUT2D eigenvalue weighted by molar-refractivity contribution is -0.425. The highest BCUT2D eigenvalue weighted by molar-refractivity contribution is 5.27. The predicted octanol–water partition coefficient (Wildman–Crippen LogP) is -3.25. The fourth-order valence-electron chi connectivity index (χ4n) is 1.91. The van der Waals surface area contributed by atoms with Crippen molar-refractivity contribution >= 4 is 5.69 Å². The van der Waals surface area contributed by atoms with Crippen molar-refractivity contribution in [2.45, 2.75) is 23.6 Å². The third-order valence-electron chi connectivity index (χ3n) is 3.13. The first-order chi connectivity index (χ1) is 9.08. The maximum atomic E-state index is 10.5. The van der Waals surface area contributed by atoms with Crippen molar-refractivity contribution < 1.29 is 40.3 Å². The molecule has 0 unspecified atom stereocenters. The molecule has 2 heterocycles. The summed E-state index contributed by atoms with van der Waals surface area (Å²) in [5.41, 5.74) is -0.508. The van der Waals surface area contributed by atoms with Gasteiger partial charge >= 0.3 is 5.91 Å². The molecule has 1 aromatic rings. The highest BCUT2D eigenvalue weighted by Gasteiger charge is 2.74. The molecule has 0 spiro atoms. The van der Waals surface area contributed by atoms with E-state index < -0.39 is 40.8 Å². The SMILES string of the molecule is O=[N+]([O-])c1ccn([C@@]2(O)O[C@H](CO)C(O)(O)C2(O)O)c1. The highest BCUT2D eigenvalue weighted by Crippen LogP contribution is 2.45. The van der Waals surface area contributed by atoms with Gasteiger partial charge in [-0.3, -0.25) is 14.7 Å². The molecule has 1 aliphatic rings. The van der Waals surface area contributed by atoms with E-state index in [9.17, 15) is 35.6 Å². The Bertz CT molecular complexity index is 539. The van der Waals surface area contributed by atoms with E-state index in [1.165, 1.54) is 0 Å². The monoisotopic (exact) mass is 292 g/mol. The summed E-state index contributed by atoms with van der Waals surface area (Å²) >= 11 is 0. The second-order valence-corrected chi connectivity index (χ2v) is 4.33. The maximum Gasteiger partial charge on any atom is 0.316 e. The van der Waals surface area contributed by atoms with E-state index >= 15 is 0 Å². The van der Waals surface area contributed by atoms with Gasteiger partial charge in [0.1, 0.15) is 6.10 Å². The number of nitro groups is 1. The third-order valence-corrected chi connectivity index (χ3v) is 3.13. The molecule has 0 aliphatic carbocycles. The molecule has 2 atom stereocenters. The van der Waals surface area contributed by atoms with Crippen LogP contribution in [0.4, 0.5) is 5.69 Å². The Morgan fingerprint density at radius 2 is 1.95 bits per heavy atom. The first kappa shape index (κ1) is 14.8. The quantitative estimate of drug-likeness (QED) is 0.189. The fourth-order valence-corrected chi connectivity index (χ4v) is 1.91. The minimum atomic E-state index is -3.65. The molecular formula is C9H12N2O9. The zero-order valence-corrected chi connectivity index (χ0v) is 9.82. The molecule has 0 radical (unpaired) electrons. The molecule has 11 nitrogen and oxygen atoms in total. The van der Waals surface area contributed by atoms with Crippen LogP contribution in [0.5, 0.6) is 0 Å². The van der Waals surface area contributed by atoms with Crippen molar-refractivity contribution in [1.82, 2.24) is 4.57 Å². The second-order valence-electron chi connectivity index (χ2n) is 4.33. The first-order valence-corrected chi connectivity index (χ1v) is 5.31. The topological polar surface area (TPSA) is 179 Å². The van der Waals surface area contributed by atoms with Crippen molar-refractivity contribution in [3.8, 4) is 0 Å². The van der Waals surface area contributed by atoms with Crippen molar-refractivity contribution in [3.05, 3.63) is 28.6 Å². The van der Waals surface area contributed by atoms with Crippen LogP contribution in [0, 0.1) is 10.1 Å². The number of aliphatic hydroxyl groups is 6. The van der Waals surface area contributed by atoms with E-state index in [0.717, 1.165) is 12.3 Å². The molecular weight excluding hydrogens is 280 g/mol. The van der Waals surface area contributed by atoms with Crippen LogP contribution >= 0.6 is 0 Å². The van der Waals surface area contributed by atoms with E-state index in [0.29, 0.717) is 10.8 Å². The van der Waals surface area contributed by atoms with E-state index in [1.807, 2.05) is 0 Å². The lowest BCUT2D eigenvalue weighted by Gasteiger charge is -2.35. The molecule has 0 aromatic carbocycles. The van der Waals surface area contributed by atoms with E-state index in [-0.39, 0.29) is 0 Å². The maximum absolute atomic E-state index is 10.5. The number of ether oxygens (including phenoxy) is 1. The second kappa shape index (κ2) is 4.20. The smallest absolute Gasteiger partial charge is 0.316 e. The van der Waals surface area contributed by atoms with Crippen LogP contribution in [0.15, 0.2) is 18.5 Å². The van der Waals surface area contributed by atoms with Gasteiger partial charge in [0, 0.05) is 12.3 Å². The van der Waals surface area contributed by atoms with Gasteiger partial charge in [0.15, 0.2) is 0 Å². The average Bonchev–Trinajstić information content (AvgIpc) is 2.88. The number of nitrogens with zero attached hydrogens (tertiary/aromatic N) is 2. The van der Waals surface area contributed by atoms with Gasteiger partial charge in [-0.25, -0.2) is 0 Å². The first-order valence-electron chi connectivity index (χ1n) is 5.31. The predicted molar refractivity (Wildman–Crippen MR) is 57.6 cm³/mol. The van der Waals surface area contributed by atoms with Gasteiger partial charge in [0.2, 0.25) is 0 Å². The lowest BCUT2D eigenvalue weighted by Crippen LogP contribution is -2.64. The summed E-state index contributed by atoms with van der Waals surface area (Å²) in [4.78, 5) is 9.73. The molecule has 0 amide bonds. The van der Waals surface area contributed by atoms with Crippen LogP contribution in [0.2, 0.25) is 0 Å². The molecule has 112 valence electrons. The zero-order chi connectivity index (χ0) is 15.3. The Labute approximate surface area is 110 Å². The number of hydrogen-bond acceptors (Lipinski definition) is 9. The van der Waals surface area contributed by atoms with Gasteiger partial charge in [-0.15, -0.1) is 0 Å². The van der Waals surface area contributed by atoms with Gasteiger partial charge in [-0.2, -0.15) is 0 Å². The van der Waals surface area contributed by atoms with E-state index in [4.69, 9.17) is 5.11 Å². The standard InChI is InChI=1S/C9H12N2O9/c12-4-6-7(13,14)8(15,16)9(17,20-6)10-2-1-5(3-10)11(18)19/h1-3,6,12-17H,4H2/t6-,9+/m1/s1. The van der Waals surface area contributed by atoms with Crippen LogP contribution < -0.4 is 0 Å². The Morgan fingerprint density at radius 3 is 2.35 bits per heavy atom. The number of aliphatic hydroxyl groups excluding tert-OH is 1. The molecule has 1 aromatic heterocycles. The summed E-state index contributed by atoms with van der Waals surface area (Å²) in [5, 5.41) is 68.1. The van der Waals surface area contributed by atoms with Gasteiger partial charge < -0.3 is 35.4 Å². The van der Waals surface area contributed by atoms with Crippen molar-refractivity contribution in [1.29, 1.82) is 0 Å². The summed E-state index contributed by atoms with van der Waals surface area (Å²) < 4.78 is 5.13. The normalized spacial score (nSPS) is 31.4. The van der Waals surface area contributed by atoms with Gasteiger partial charge in [0.25, 0.3) is 17.3 Å². The number of rotatable bonds is 3. The minimum absolute atomic E-state index is 0.474. The van der Waals surface area contributed by atoms with Crippen LogP contribution in [-0.4, -0.2) is 64.4 Å². The fraction of sp³-hybridized carbons (Fsp3) is 0.556. The van der Waals surface area contributed by atoms with Crippen LogP contribution in [0.25, 0.3) is 0 Å². The molecule has 1 aliphatic heterocycles. The molecule has 11 heteroatoms. The largest absolute Gasteiger partial charge is 0.393 e. The van der Waals surface area contributed by atoms with Crippen molar-refractivity contribution in [2.24, 2.45) is 0 Å². The summed E-state index contributed by atoms with van der Waals surface area (Å²) in [6.07, 6.45) is -0.393. The Hall–Kier alpha value is -1.60. The summed E-state index contributed by atoms with van der Waals surface area (Å²) in [5.74, 6) is -10.2. The molecule has 1 fully saturated rings. The summed E-state index contributed by atoms with van der Waals surface area (Å²) in [6, 6.07) is 0.917.